The van der Waals surface area contributed by atoms with Crippen LogP contribution in [-0.4, -0.2) is 9.97 Å². The van der Waals surface area contributed by atoms with E-state index in [4.69, 9.17) is 17.3 Å². The summed E-state index contributed by atoms with van der Waals surface area (Å²) < 4.78 is 13.0. The van der Waals surface area contributed by atoms with Gasteiger partial charge in [0.15, 0.2) is 5.82 Å². The molecule has 6 heteroatoms. The third kappa shape index (κ3) is 1.81. The van der Waals surface area contributed by atoms with E-state index in [1.54, 1.807) is 6.07 Å². The van der Waals surface area contributed by atoms with Gasteiger partial charge < -0.3 is 5.73 Å². The largest absolute Gasteiger partial charge is 0.383 e. The summed E-state index contributed by atoms with van der Waals surface area (Å²) in [5, 5.41) is 2.98. The second-order valence-electron chi connectivity index (χ2n) is 3.70. The van der Waals surface area contributed by atoms with E-state index in [1.165, 1.54) is 23.5 Å². The Morgan fingerprint density at radius 2 is 2.06 bits per heavy atom. The fourth-order valence-corrected chi connectivity index (χ4v) is 2.69. The lowest BCUT2D eigenvalue weighted by molar-refractivity contribution is 0.628. The summed E-state index contributed by atoms with van der Waals surface area (Å²) in [4.78, 5) is 9.37. The van der Waals surface area contributed by atoms with Crippen molar-refractivity contribution in [3.63, 3.8) is 0 Å². The van der Waals surface area contributed by atoms with Crippen LogP contribution in [0.1, 0.15) is 0 Å². The molecule has 2 aromatic heterocycles. The van der Waals surface area contributed by atoms with Crippen LogP contribution in [0.5, 0.6) is 0 Å². The molecule has 0 amide bonds. The second-order valence-corrected chi connectivity index (χ2v) is 5.00. The minimum atomic E-state index is -0.395. The maximum atomic E-state index is 13.0. The van der Waals surface area contributed by atoms with E-state index in [2.05, 4.69) is 9.97 Å². The van der Waals surface area contributed by atoms with Crippen molar-refractivity contribution in [3.8, 4) is 11.4 Å². The first-order chi connectivity index (χ1) is 8.65. The van der Waals surface area contributed by atoms with Crippen molar-refractivity contribution in [2.24, 2.45) is 0 Å². The van der Waals surface area contributed by atoms with Gasteiger partial charge in [0, 0.05) is 5.56 Å². The van der Waals surface area contributed by atoms with Crippen molar-refractivity contribution in [3.05, 3.63) is 40.5 Å². The minimum Gasteiger partial charge on any atom is -0.383 e. The molecule has 0 aliphatic rings. The highest BCUT2D eigenvalue weighted by Crippen LogP contribution is 2.30. The number of halogens is 2. The zero-order valence-corrected chi connectivity index (χ0v) is 10.6. The fraction of sp³-hybridized carbons (Fsp3) is 0. The highest BCUT2D eigenvalue weighted by molar-refractivity contribution is 7.16. The number of rotatable bonds is 1. The van der Waals surface area contributed by atoms with Crippen LogP contribution in [0.25, 0.3) is 21.6 Å². The Hall–Kier alpha value is -1.72. The number of anilines is 1. The number of nitrogens with two attached hydrogens (primary N) is 1. The highest BCUT2D eigenvalue weighted by atomic mass is 35.5. The summed E-state index contributed by atoms with van der Waals surface area (Å²) in [6.07, 6.45) is 0. The average Bonchev–Trinajstić information content (AvgIpc) is 2.77. The smallest absolute Gasteiger partial charge is 0.164 e. The molecule has 90 valence electrons. The maximum Gasteiger partial charge on any atom is 0.164 e. The molecule has 0 bridgehead atoms. The van der Waals surface area contributed by atoms with Gasteiger partial charge in [-0.25, -0.2) is 14.4 Å². The van der Waals surface area contributed by atoms with Gasteiger partial charge in [-0.05, 0) is 29.6 Å². The molecule has 0 aliphatic carbocycles. The fourth-order valence-electron chi connectivity index (χ4n) is 1.67. The van der Waals surface area contributed by atoms with Gasteiger partial charge in [0.1, 0.15) is 16.5 Å². The third-order valence-corrected chi connectivity index (χ3v) is 3.65. The van der Waals surface area contributed by atoms with E-state index in [0.29, 0.717) is 17.2 Å². The standard InChI is InChI=1S/C12H7ClFN3S/c13-9-5-6(14)1-2-7(9)11-16-10(15)8-3-4-18-12(8)17-11/h1-5H,(H2,15,16,17). The van der Waals surface area contributed by atoms with Gasteiger partial charge in [0.05, 0.1) is 10.4 Å². The Morgan fingerprint density at radius 3 is 2.83 bits per heavy atom. The normalized spacial score (nSPS) is 11.0. The third-order valence-electron chi connectivity index (χ3n) is 2.53. The van der Waals surface area contributed by atoms with Crippen molar-refractivity contribution in [2.45, 2.75) is 0 Å². The highest BCUT2D eigenvalue weighted by Gasteiger charge is 2.11. The van der Waals surface area contributed by atoms with E-state index in [9.17, 15) is 4.39 Å². The van der Waals surface area contributed by atoms with Crippen LogP contribution in [0.15, 0.2) is 29.6 Å². The first-order valence-corrected chi connectivity index (χ1v) is 6.37. The number of nitrogens with zero attached hydrogens (tertiary/aromatic N) is 2. The number of benzene rings is 1. The first kappa shape index (κ1) is 11.4. The number of nitrogen functional groups attached to an aromatic ring is 1. The van der Waals surface area contributed by atoms with E-state index < -0.39 is 5.82 Å². The summed E-state index contributed by atoms with van der Waals surface area (Å²) in [6, 6.07) is 5.96. The molecule has 3 rings (SSSR count). The van der Waals surface area contributed by atoms with Crippen LogP contribution in [-0.2, 0) is 0 Å². The topological polar surface area (TPSA) is 51.8 Å². The first-order valence-electron chi connectivity index (χ1n) is 5.11. The average molecular weight is 280 g/mol. The van der Waals surface area contributed by atoms with Crippen LogP contribution < -0.4 is 5.73 Å². The second kappa shape index (κ2) is 4.19. The molecule has 2 N–H and O–H groups in total. The Bertz CT molecular complexity index is 741. The van der Waals surface area contributed by atoms with Gasteiger partial charge in [0.2, 0.25) is 0 Å². The van der Waals surface area contributed by atoms with Crippen LogP contribution in [0, 0.1) is 5.82 Å². The molecule has 0 radical (unpaired) electrons. The van der Waals surface area contributed by atoms with E-state index in [-0.39, 0.29) is 5.02 Å². The van der Waals surface area contributed by atoms with Gasteiger partial charge in [-0.15, -0.1) is 11.3 Å². The van der Waals surface area contributed by atoms with Gasteiger partial charge in [-0.3, -0.25) is 0 Å². The predicted octanol–water partition coefficient (Wildman–Crippen LogP) is 3.73. The molecule has 0 saturated heterocycles. The Morgan fingerprint density at radius 1 is 1.22 bits per heavy atom. The van der Waals surface area contributed by atoms with Crippen molar-refractivity contribution in [2.75, 3.05) is 5.73 Å². The van der Waals surface area contributed by atoms with Gasteiger partial charge in [-0.1, -0.05) is 11.6 Å². The molecule has 0 saturated carbocycles. The van der Waals surface area contributed by atoms with Crippen molar-refractivity contribution < 1.29 is 4.39 Å². The Kier molecular flexibility index (Phi) is 2.65. The van der Waals surface area contributed by atoms with E-state index in [1.807, 2.05) is 11.4 Å². The van der Waals surface area contributed by atoms with Gasteiger partial charge >= 0.3 is 0 Å². The lowest BCUT2D eigenvalue weighted by Gasteiger charge is -2.04. The van der Waals surface area contributed by atoms with Crippen LogP contribution >= 0.6 is 22.9 Å². The number of hydrogen-bond acceptors (Lipinski definition) is 4. The monoisotopic (exact) mass is 279 g/mol. The molecule has 1 aromatic carbocycles. The minimum absolute atomic E-state index is 0.269. The Labute approximate surface area is 111 Å². The van der Waals surface area contributed by atoms with Crippen molar-refractivity contribution in [1.29, 1.82) is 0 Å². The number of thiophene rings is 1. The van der Waals surface area contributed by atoms with Crippen LogP contribution in [0.3, 0.4) is 0 Å². The van der Waals surface area contributed by atoms with E-state index >= 15 is 0 Å². The van der Waals surface area contributed by atoms with Crippen LogP contribution in [0.4, 0.5) is 10.2 Å². The van der Waals surface area contributed by atoms with Crippen molar-refractivity contribution in [1.82, 2.24) is 9.97 Å². The molecule has 2 heterocycles. The zero-order chi connectivity index (χ0) is 12.7. The molecule has 0 fully saturated rings. The summed E-state index contributed by atoms with van der Waals surface area (Å²) in [5.41, 5.74) is 6.43. The summed E-state index contributed by atoms with van der Waals surface area (Å²) in [6.45, 7) is 0. The molecule has 0 spiro atoms. The molecular formula is C12H7ClFN3S. The lowest BCUT2D eigenvalue weighted by Crippen LogP contribution is -1.96. The molecule has 0 unspecified atom stereocenters. The lowest BCUT2D eigenvalue weighted by atomic mass is 10.2. The van der Waals surface area contributed by atoms with Crippen molar-refractivity contribution >= 4 is 39.0 Å². The van der Waals surface area contributed by atoms with Gasteiger partial charge in [-0.2, -0.15) is 0 Å². The molecular weight excluding hydrogens is 273 g/mol. The molecule has 0 aliphatic heterocycles. The molecule has 0 atom stereocenters. The zero-order valence-electron chi connectivity index (χ0n) is 9.02. The molecule has 3 nitrogen and oxygen atoms in total. The summed E-state index contributed by atoms with van der Waals surface area (Å²) >= 11 is 7.46. The maximum absolute atomic E-state index is 13.0. The SMILES string of the molecule is Nc1nc(-c2ccc(F)cc2Cl)nc2sccc12. The summed E-state index contributed by atoms with van der Waals surface area (Å²) in [5.74, 6) is 0.415. The number of aromatic nitrogens is 2. The Balaban J connectivity index is 2.24. The van der Waals surface area contributed by atoms with Crippen LogP contribution in [0.2, 0.25) is 5.02 Å². The molecule has 3 aromatic rings. The van der Waals surface area contributed by atoms with E-state index in [0.717, 1.165) is 10.2 Å². The number of fused-ring (bicyclic) bond motifs is 1. The molecule has 18 heavy (non-hydrogen) atoms. The number of hydrogen-bond donors (Lipinski definition) is 1. The summed E-state index contributed by atoms with van der Waals surface area (Å²) in [7, 11) is 0. The quantitative estimate of drug-likeness (QED) is 0.738. The predicted molar refractivity (Wildman–Crippen MR) is 72.2 cm³/mol. The van der Waals surface area contributed by atoms with Gasteiger partial charge in [0.25, 0.3) is 0 Å².